The van der Waals surface area contributed by atoms with Crippen LogP contribution in [0.1, 0.15) is 12.5 Å². The van der Waals surface area contributed by atoms with Gasteiger partial charge in [-0.1, -0.05) is 13.0 Å². The molecule has 0 unspecified atom stereocenters. The van der Waals surface area contributed by atoms with E-state index in [1.807, 2.05) is 0 Å². The maximum atomic E-state index is 2.26. The number of hydrogen-bond donors (Lipinski definition) is 0. The average molecular weight is 172 g/mol. The van der Waals surface area contributed by atoms with Gasteiger partial charge in [-0.05, 0) is 24.1 Å². The molecule has 2 rings (SSSR count). The molecular weight excluding hydrogens is 158 g/mol. The number of hydrogen-bond acceptors (Lipinski definition) is 0. The second kappa shape index (κ2) is 3.17. The predicted molar refractivity (Wildman–Crippen MR) is 54.5 cm³/mol. The number of pyridine rings is 1. The van der Waals surface area contributed by atoms with E-state index in [1.165, 1.54) is 16.5 Å². The number of aryl methyl sites for hydroxylation is 2. The molecular formula is C12H14N+. The zero-order valence-corrected chi connectivity index (χ0v) is 8.12. The highest BCUT2D eigenvalue weighted by molar-refractivity contribution is 5.76. The molecule has 0 amide bonds. The molecule has 0 atom stereocenters. The van der Waals surface area contributed by atoms with Crippen molar-refractivity contribution in [3.8, 4) is 0 Å². The molecule has 0 N–H and O–H groups in total. The van der Waals surface area contributed by atoms with Gasteiger partial charge in [0.15, 0.2) is 6.20 Å². The van der Waals surface area contributed by atoms with Crippen LogP contribution in [0.3, 0.4) is 0 Å². The van der Waals surface area contributed by atoms with E-state index in [2.05, 4.69) is 55.1 Å². The van der Waals surface area contributed by atoms with Crippen LogP contribution in [0.2, 0.25) is 0 Å². The largest absolute Gasteiger partial charge is 0.212 e. The first kappa shape index (κ1) is 8.24. The predicted octanol–water partition coefficient (Wildman–Crippen LogP) is 2.23. The van der Waals surface area contributed by atoms with Gasteiger partial charge in [-0.15, -0.1) is 0 Å². The highest BCUT2D eigenvalue weighted by atomic mass is 14.9. The Bertz CT molecular complexity index is 432. The third kappa shape index (κ3) is 1.42. The third-order valence-corrected chi connectivity index (χ3v) is 2.47. The van der Waals surface area contributed by atoms with Crippen LogP contribution in [0, 0.1) is 0 Å². The van der Waals surface area contributed by atoms with E-state index in [9.17, 15) is 0 Å². The molecule has 1 aromatic carbocycles. The second-order valence-electron chi connectivity index (χ2n) is 3.37. The maximum Gasteiger partial charge on any atom is 0.212 e. The normalized spacial score (nSPS) is 10.6. The molecule has 0 aliphatic rings. The van der Waals surface area contributed by atoms with Crippen molar-refractivity contribution in [2.75, 3.05) is 0 Å². The van der Waals surface area contributed by atoms with Crippen molar-refractivity contribution in [3.63, 3.8) is 0 Å². The molecule has 1 heterocycles. The first-order valence-electron chi connectivity index (χ1n) is 4.68. The molecule has 13 heavy (non-hydrogen) atoms. The van der Waals surface area contributed by atoms with E-state index in [0.717, 1.165) is 6.42 Å². The standard InChI is InChI=1S/C12H14N/c1-3-10-6-7-12-11(9-10)5-4-8-13(12)2/h4-9H,3H2,1-2H3/q+1. The van der Waals surface area contributed by atoms with E-state index < -0.39 is 0 Å². The zero-order chi connectivity index (χ0) is 9.26. The van der Waals surface area contributed by atoms with Crippen molar-refractivity contribution in [1.82, 2.24) is 0 Å². The minimum absolute atomic E-state index is 1.11. The van der Waals surface area contributed by atoms with Crippen molar-refractivity contribution < 1.29 is 4.57 Å². The minimum atomic E-state index is 1.11. The summed E-state index contributed by atoms with van der Waals surface area (Å²) in [6.45, 7) is 2.18. The Morgan fingerprint density at radius 1 is 1.23 bits per heavy atom. The monoisotopic (exact) mass is 172 g/mol. The van der Waals surface area contributed by atoms with Gasteiger partial charge in [0.05, 0.1) is 0 Å². The summed E-state index contributed by atoms with van der Waals surface area (Å²) in [5.41, 5.74) is 2.69. The summed E-state index contributed by atoms with van der Waals surface area (Å²) in [4.78, 5) is 0. The van der Waals surface area contributed by atoms with Gasteiger partial charge in [-0.3, -0.25) is 0 Å². The Hall–Kier alpha value is -1.37. The summed E-state index contributed by atoms with van der Waals surface area (Å²) in [6, 6.07) is 10.9. The fraction of sp³-hybridized carbons (Fsp3) is 0.250. The summed E-state index contributed by atoms with van der Waals surface area (Å²) >= 11 is 0. The number of nitrogens with zero attached hydrogens (tertiary/aromatic N) is 1. The van der Waals surface area contributed by atoms with Crippen molar-refractivity contribution in [2.24, 2.45) is 7.05 Å². The summed E-state index contributed by atoms with van der Waals surface area (Å²) < 4.78 is 2.15. The Labute approximate surface area is 78.6 Å². The van der Waals surface area contributed by atoms with Crippen molar-refractivity contribution in [2.45, 2.75) is 13.3 Å². The summed E-state index contributed by atoms with van der Waals surface area (Å²) in [5.74, 6) is 0. The lowest BCUT2D eigenvalue weighted by Crippen LogP contribution is -2.27. The van der Waals surface area contributed by atoms with Crippen molar-refractivity contribution in [3.05, 3.63) is 42.1 Å². The molecule has 0 fully saturated rings. The number of rotatable bonds is 1. The molecule has 1 heteroatoms. The smallest absolute Gasteiger partial charge is 0.201 e. The first-order valence-corrected chi connectivity index (χ1v) is 4.68. The lowest BCUT2D eigenvalue weighted by Gasteiger charge is -1.98. The maximum absolute atomic E-state index is 2.26. The van der Waals surface area contributed by atoms with Crippen molar-refractivity contribution in [1.29, 1.82) is 0 Å². The topological polar surface area (TPSA) is 3.88 Å². The zero-order valence-electron chi connectivity index (χ0n) is 8.12. The van der Waals surface area contributed by atoms with Crippen LogP contribution in [0.5, 0.6) is 0 Å². The second-order valence-corrected chi connectivity index (χ2v) is 3.37. The van der Waals surface area contributed by atoms with Gasteiger partial charge >= 0.3 is 0 Å². The average Bonchev–Trinajstić information content (AvgIpc) is 2.18. The fourth-order valence-corrected chi connectivity index (χ4v) is 1.63. The van der Waals surface area contributed by atoms with Gasteiger partial charge in [0.25, 0.3) is 0 Å². The van der Waals surface area contributed by atoms with Crippen LogP contribution in [-0.4, -0.2) is 0 Å². The van der Waals surface area contributed by atoms with Gasteiger partial charge < -0.3 is 0 Å². The highest BCUT2D eigenvalue weighted by Crippen LogP contribution is 2.12. The Morgan fingerprint density at radius 3 is 2.85 bits per heavy atom. The molecule has 0 saturated heterocycles. The lowest BCUT2D eigenvalue weighted by molar-refractivity contribution is -0.644. The van der Waals surface area contributed by atoms with Gasteiger partial charge in [0.1, 0.15) is 7.05 Å². The molecule has 0 aliphatic carbocycles. The third-order valence-electron chi connectivity index (χ3n) is 2.47. The van der Waals surface area contributed by atoms with Crippen LogP contribution < -0.4 is 4.57 Å². The molecule has 66 valence electrons. The molecule has 0 saturated carbocycles. The quantitative estimate of drug-likeness (QED) is 0.581. The molecule has 0 aliphatic heterocycles. The molecule has 0 radical (unpaired) electrons. The highest BCUT2D eigenvalue weighted by Gasteiger charge is 2.02. The first-order chi connectivity index (χ1) is 6.31. The number of aromatic nitrogens is 1. The Kier molecular flexibility index (Phi) is 2.01. The van der Waals surface area contributed by atoms with E-state index in [4.69, 9.17) is 0 Å². The van der Waals surface area contributed by atoms with Gasteiger partial charge in [-0.2, -0.15) is 0 Å². The molecule has 0 spiro atoms. The summed E-state index contributed by atoms with van der Waals surface area (Å²) in [6.07, 6.45) is 3.18. The van der Waals surface area contributed by atoms with Crippen LogP contribution in [0.15, 0.2) is 36.5 Å². The Morgan fingerprint density at radius 2 is 2.08 bits per heavy atom. The lowest BCUT2D eigenvalue weighted by atomic mass is 10.1. The molecule has 1 nitrogen and oxygen atoms in total. The van der Waals surface area contributed by atoms with Crippen LogP contribution in [0.25, 0.3) is 10.9 Å². The van der Waals surface area contributed by atoms with Crippen LogP contribution >= 0.6 is 0 Å². The molecule has 2 aromatic rings. The molecule has 1 aromatic heterocycles. The van der Waals surface area contributed by atoms with Crippen molar-refractivity contribution >= 4 is 10.9 Å². The van der Waals surface area contributed by atoms with E-state index in [1.54, 1.807) is 0 Å². The van der Waals surface area contributed by atoms with Gasteiger partial charge in [0, 0.05) is 17.5 Å². The minimum Gasteiger partial charge on any atom is -0.201 e. The SMILES string of the molecule is CCc1ccc2c(ccc[n+]2C)c1. The van der Waals surface area contributed by atoms with E-state index in [-0.39, 0.29) is 0 Å². The summed E-state index contributed by atoms with van der Waals surface area (Å²) in [5, 5.41) is 1.32. The van der Waals surface area contributed by atoms with Gasteiger partial charge in [0.2, 0.25) is 5.52 Å². The van der Waals surface area contributed by atoms with Crippen LogP contribution in [0.4, 0.5) is 0 Å². The fourth-order valence-electron chi connectivity index (χ4n) is 1.63. The van der Waals surface area contributed by atoms with Gasteiger partial charge in [-0.25, -0.2) is 4.57 Å². The van der Waals surface area contributed by atoms with E-state index >= 15 is 0 Å². The Balaban J connectivity index is 2.72. The summed E-state index contributed by atoms with van der Waals surface area (Å²) in [7, 11) is 2.08. The van der Waals surface area contributed by atoms with E-state index in [0.29, 0.717) is 0 Å². The number of fused-ring (bicyclic) bond motifs is 1. The number of benzene rings is 1. The molecule has 0 bridgehead atoms. The van der Waals surface area contributed by atoms with Crippen LogP contribution in [-0.2, 0) is 13.5 Å².